The van der Waals surface area contributed by atoms with Gasteiger partial charge in [0.2, 0.25) is 0 Å². The van der Waals surface area contributed by atoms with E-state index in [1.807, 2.05) is 6.92 Å². The topological polar surface area (TPSA) is 26.3 Å². The fourth-order valence-corrected chi connectivity index (χ4v) is 5.57. The van der Waals surface area contributed by atoms with Gasteiger partial charge in [-0.2, -0.15) is 0 Å². The minimum Gasteiger partial charge on any atom is -0.458 e. The molecule has 100 valence electrons. The molecule has 4 bridgehead atoms. The van der Waals surface area contributed by atoms with Crippen LogP contribution in [-0.2, 0) is 9.53 Å². The van der Waals surface area contributed by atoms with Crippen LogP contribution in [0, 0.1) is 22.7 Å². The maximum Gasteiger partial charge on any atom is 0.330 e. The third-order valence-electron chi connectivity index (χ3n) is 5.42. The summed E-state index contributed by atoms with van der Waals surface area (Å²) >= 11 is 0. The lowest BCUT2D eigenvalue weighted by molar-refractivity contribution is -0.201. The molecule has 4 aliphatic carbocycles. The van der Waals surface area contributed by atoms with Gasteiger partial charge in [-0.25, -0.2) is 4.79 Å². The van der Waals surface area contributed by atoms with Gasteiger partial charge in [0.15, 0.2) is 0 Å². The van der Waals surface area contributed by atoms with Crippen LogP contribution in [0.5, 0.6) is 0 Å². The largest absolute Gasteiger partial charge is 0.458 e. The van der Waals surface area contributed by atoms with Crippen LogP contribution in [0.2, 0.25) is 0 Å². The van der Waals surface area contributed by atoms with Crippen molar-refractivity contribution in [3.05, 3.63) is 12.2 Å². The molecule has 0 aromatic heterocycles. The fraction of sp³-hybridized carbons (Fsp3) is 0.812. The van der Waals surface area contributed by atoms with Gasteiger partial charge in [-0.05, 0) is 56.3 Å². The molecule has 0 radical (unpaired) electrons. The van der Waals surface area contributed by atoms with Crippen LogP contribution in [0.1, 0.15) is 52.9 Å². The first-order valence-electron chi connectivity index (χ1n) is 7.27. The van der Waals surface area contributed by atoms with Gasteiger partial charge in [-0.15, -0.1) is 0 Å². The van der Waals surface area contributed by atoms with E-state index in [-0.39, 0.29) is 17.5 Å². The molecule has 2 nitrogen and oxygen atoms in total. The highest BCUT2D eigenvalue weighted by Gasteiger charge is 2.60. The monoisotopic (exact) mass is 248 g/mol. The second-order valence-electron chi connectivity index (χ2n) is 7.47. The van der Waals surface area contributed by atoms with Gasteiger partial charge in [-0.3, -0.25) is 0 Å². The lowest BCUT2D eigenvalue weighted by Gasteiger charge is -2.63. The van der Waals surface area contributed by atoms with E-state index in [4.69, 9.17) is 4.74 Å². The van der Waals surface area contributed by atoms with E-state index < -0.39 is 0 Å². The van der Waals surface area contributed by atoms with Crippen molar-refractivity contribution in [3.8, 4) is 0 Å². The summed E-state index contributed by atoms with van der Waals surface area (Å²) < 4.78 is 5.79. The van der Waals surface area contributed by atoms with Crippen LogP contribution in [0.25, 0.3) is 0 Å². The van der Waals surface area contributed by atoms with Gasteiger partial charge < -0.3 is 4.74 Å². The molecule has 0 heterocycles. The SMILES string of the molecule is CC=CC(=O)OC1C2CC3CC(C)(C2)CC1(C)C3. The van der Waals surface area contributed by atoms with E-state index in [0.717, 1.165) is 5.92 Å². The third kappa shape index (κ3) is 1.81. The van der Waals surface area contributed by atoms with Crippen LogP contribution < -0.4 is 0 Å². The quantitative estimate of drug-likeness (QED) is 0.550. The zero-order chi connectivity index (χ0) is 13.0. The maximum atomic E-state index is 11.7. The average molecular weight is 248 g/mol. The average Bonchev–Trinajstić information content (AvgIpc) is 2.21. The number of hydrogen-bond acceptors (Lipinski definition) is 2. The van der Waals surface area contributed by atoms with Crippen molar-refractivity contribution < 1.29 is 9.53 Å². The summed E-state index contributed by atoms with van der Waals surface area (Å²) in [5, 5.41) is 0. The Morgan fingerprint density at radius 1 is 1.28 bits per heavy atom. The summed E-state index contributed by atoms with van der Waals surface area (Å²) in [6.45, 7) is 6.64. The third-order valence-corrected chi connectivity index (χ3v) is 5.42. The lowest BCUT2D eigenvalue weighted by atomic mass is 9.44. The Labute approximate surface area is 110 Å². The molecule has 4 fully saturated rings. The summed E-state index contributed by atoms with van der Waals surface area (Å²) in [5.41, 5.74) is 0.750. The molecule has 0 aromatic rings. The second kappa shape index (κ2) is 3.85. The number of carbonyl (C=O) groups is 1. The Balaban J connectivity index is 1.82. The zero-order valence-electron chi connectivity index (χ0n) is 11.7. The summed E-state index contributed by atoms with van der Waals surface area (Å²) in [5.74, 6) is 1.33. The predicted molar refractivity (Wildman–Crippen MR) is 71.0 cm³/mol. The highest BCUT2D eigenvalue weighted by Crippen LogP contribution is 2.65. The van der Waals surface area contributed by atoms with Crippen LogP contribution in [0.4, 0.5) is 0 Å². The molecule has 0 aromatic carbocycles. The maximum absolute atomic E-state index is 11.7. The molecule has 2 heteroatoms. The number of hydrogen-bond donors (Lipinski definition) is 0. The van der Waals surface area contributed by atoms with Crippen molar-refractivity contribution in [2.75, 3.05) is 0 Å². The first kappa shape index (κ1) is 12.3. The van der Waals surface area contributed by atoms with Gasteiger partial charge >= 0.3 is 5.97 Å². The highest BCUT2D eigenvalue weighted by atomic mass is 16.5. The van der Waals surface area contributed by atoms with Gasteiger partial charge in [0.1, 0.15) is 6.10 Å². The fourth-order valence-electron chi connectivity index (χ4n) is 5.57. The van der Waals surface area contributed by atoms with Crippen molar-refractivity contribution >= 4 is 5.97 Å². The summed E-state index contributed by atoms with van der Waals surface area (Å²) in [6.07, 6.45) is 9.90. The molecule has 5 unspecified atom stereocenters. The first-order chi connectivity index (χ1) is 8.44. The Bertz CT molecular complexity index is 400. The number of carbonyl (C=O) groups excluding carboxylic acids is 1. The van der Waals surface area contributed by atoms with Crippen molar-refractivity contribution in [2.24, 2.45) is 22.7 Å². The van der Waals surface area contributed by atoms with Crippen LogP contribution in [0.3, 0.4) is 0 Å². The number of esters is 1. The first-order valence-corrected chi connectivity index (χ1v) is 7.27. The molecule has 0 N–H and O–H groups in total. The summed E-state index contributed by atoms with van der Waals surface area (Å²) in [4.78, 5) is 11.7. The minimum atomic E-state index is -0.152. The van der Waals surface area contributed by atoms with Gasteiger partial charge in [0.25, 0.3) is 0 Å². The van der Waals surface area contributed by atoms with E-state index >= 15 is 0 Å². The molecular weight excluding hydrogens is 224 g/mol. The molecule has 18 heavy (non-hydrogen) atoms. The molecular formula is C16H24O2. The van der Waals surface area contributed by atoms with Crippen molar-refractivity contribution in [2.45, 2.75) is 59.0 Å². The van der Waals surface area contributed by atoms with E-state index in [1.54, 1.807) is 12.2 Å². The molecule has 4 saturated carbocycles. The predicted octanol–water partition coefficient (Wildman–Crippen LogP) is 3.71. The molecule has 0 amide bonds. The minimum absolute atomic E-state index is 0.152. The molecule has 4 aliphatic rings. The van der Waals surface area contributed by atoms with Gasteiger partial charge in [0, 0.05) is 11.5 Å². The number of allylic oxidation sites excluding steroid dienone is 1. The zero-order valence-corrected chi connectivity index (χ0v) is 11.7. The van der Waals surface area contributed by atoms with E-state index in [1.165, 1.54) is 32.1 Å². The van der Waals surface area contributed by atoms with Crippen LogP contribution in [0.15, 0.2) is 12.2 Å². The molecule has 5 atom stereocenters. The number of ether oxygens (including phenoxy) is 1. The Kier molecular flexibility index (Phi) is 2.62. The Hall–Kier alpha value is -0.790. The van der Waals surface area contributed by atoms with E-state index in [9.17, 15) is 4.79 Å². The molecule has 0 spiro atoms. The Morgan fingerprint density at radius 3 is 2.67 bits per heavy atom. The van der Waals surface area contributed by atoms with Gasteiger partial charge in [-0.1, -0.05) is 19.9 Å². The van der Waals surface area contributed by atoms with Crippen LogP contribution in [-0.4, -0.2) is 12.1 Å². The molecule has 0 saturated heterocycles. The lowest BCUT2D eigenvalue weighted by Crippen LogP contribution is -2.59. The van der Waals surface area contributed by atoms with Gasteiger partial charge in [0.05, 0.1) is 0 Å². The van der Waals surface area contributed by atoms with Crippen molar-refractivity contribution in [1.29, 1.82) is 0 Å². The highest BCUT2D eigenvalue weighted by molar-refractivity contribution is 5.82. The van der Waals surface area contributed by atoms with Crippen LogP contribution >= 0.6 is 0 Å². The summed E-state index contributed by atoms with van der Waals surface area (Å²) in [7, 11) is 0. The molecule has 4 rings (SSSR count). The summed E-state index contributed by atoms with van der Waals surface area (Å²) in [6, 6.07) is 0. The molecule has 0 aliphatic heterocycles. The van der Waals surface area contributed by atoms with Crippen molar-refractivity contribution in [1.82, 2.24) is 0 Å². The van der Waals surface area contributed by atoms with E-state index in [2.05, 4.69) is 13.8 Å². The Morgan fingerprint density at radius 2 is 2.06 bits per heavy atom. The smallest absolute Gasteiger partial charge is 0.330 e. The standard InChI is InChI=1S/C16H24O2/c1-4-5-13(17)18-14-12-6-11-7-15(2,9-12)10-16(14,3)8-11/h4-5,11-12,14H,6-10H2,1-3H3. The number of rotatable bonds is 2. The van der Waals surface area contributed by atoms with E-state index in [0.29, 0.717) is 11.3 Å². The van der Waals surface area contributed by atoms with Crippen molar-refractivity contribution in [3.63, 3.8) is 0 Å². The second-order valence-corrected chi connectivity index (χ2v) is 7.47. The normalized spacial score (nSPS) is 49.8.